The van der Waals surface area contributed by atoms with Crippen molar-refractivity contribution in [3.63, 3.8) is 0 Å². The van der Waals surface area contributed by atoms with E-state index in [0.717, 1.165) is 19.3 Å². The van der Waals surface area contributed by atoms with Gasteiger partial charge in [-0.05, 0) is 59.8 Å². The zero-order valence-electron chi connectivity index (χ0n) is 17.4. The van der Waals surface area contributed by atoms with E-state index in [1.54, 1.807) is 6.07 Å². The van der Waals surface area contributed by atoms with Crippen LogP contribution in [-0.2, 0) is 9.53 Å². The quantitative estimate of drug-likeness (QED) is 0.489. The zero-order valence-corrected chi connectivity index (χ0v) is 19.0. The van der Waals surface area contributed by atoms with Crippen molar-refractivity contribution in [2.24, 2.45) is 0 Å². The number of allylic oxidation sites excluding steroid dienone is 1. The normalized spacial score (nSPS) is 16.2. The minimum absolute atomic E-state index is 0.353. The molecule has 1 heterocycles. The lowest BCUT2D eigenvalue weighted by molar-refractivity contribution is -0.136. The first-order chi connectivity index (χ1) is 14.0. The van der Waals surface area contributed by atoms with Crippen LogP contribution in [0.3, 0.4) is 0 Å². The number of hydrogen-bond donors (Lipinski definition) is 2. The minimum Gasteiger partial charge on any atom is -0.490 e. The molecule has 1 unspecified atom stereocenters. The molecule has 160 valence electrons. The summed E-state index contributed by atoms with van der Waals surface area (Å²) < 4.78 is 17.3. The van der Waals surface area contributed by atoms with E-state index in [-0.39, 0.29) is 6.03 Å². The van der Waals surface area contributed by atoms with Crippen molar-refractivity contribution >= 4 is 27.9 Å². The van der Waals surface area contributed by atoms with Crippen molar-refractivity contribution < 1.29 is 23.8 Å². The molecule has 8 heteroatoms. The van der Waals surface area contributed by atoms with Crippen molar-refractivity contribution in [2.45, 2.75) is 52.5 Å². The number of methoxy groups -OCH3 is 1. The van der Waals surface area contributed by atoms with E-state index >= 15 is 0 Å². The molecular weight excluding hydrogens is 440 g/mol. The van der Waals surface area contributed by atoms with Crippen LogP contribution in [0.25, 0.3) is 0 Å². The highest BCUT2D eigenvalue weighted by atomic mass is 79.9. The molecule has 0 aromatic heterocycles. The van der Waals surface area contributed by atoms with Crippen LogP contribution in [0.15, 0.2) is 27.9 Å². The number of nitrogens with one attached hydrogen (secondary N) is 2. The van der Waals surface area contributed by atoms with E-state index in [1.165, 1.54) is 7.11 Å². The molecule has 0 bridgehead atoms. The number of unbranched alkanes of at least 4 members (excludes halogenated alkanes) is 1. The van der Waals surface area contributed by atoms with Crippen molar-refractivity contribution in [1.29, 1.82) is 0 Å². The summed E-state index contributed by atoms with van der Waals surface area (Å²) in [6.45, 7) is 6.98. The number of carbonyl (C=O) groups is 2. The molecule has 7 nitrogen and oxygen atoms in total. The molecule has 2 amide bonds. The van der Waals surface area contributed by atoms with Gasteiger partial charge in [-0.2, -0.15) is 0 Å². The van der Waals surface area contributed by atoms with Gasteiger partial charge in [0.05, 0.1) is 36.4 Å². The fraction of sp³-hybridized carbons (Fsp3) is 0.524. The van der Waals surface area contributed by atoms with Crippen molar-refractivity contribution in [3.05, 3.63) is 33.4 Å². The van der Waals surface area contributed by atoms with Crippen LogP contribution in [-0.4, -0.2) is 32.3 Å². The van der Waals surface area contributed by atoms with Crippen LogP contribution in [0.2, 0.25) is 0 Å². The number of benzene rings is 1. The highest BCUT2D eigenvalue weighted by Crippen LogP contribution is 2.41. The third-order valence-corrected chi connectivity index (χ3v) is 5.04. The Hall–Kier alpha value is -2.22. The van der Waals surface area contributed by atoms with Gasteiger partial charge in [-0.15, -0.1) is 0 Å². The number of rotatable bonds is 10. The topological polar surface area (TPSA) is 85.9 Å². The molecule has 0 spiro atoms. The molecule has 0 fully saturated rings. The second-order valence-corrected chi connectivity index (χ2v) is 7.48. The monoisotopic (exact) mass is 468 g/mol. The molecule has 0 saturated carbocycles. The molecule has 2 rings (SSSR count). The van der Waals surface area contributed by atoms with Crippen LogP contribution in [0.1, 0.15) is 58.1 Å². The summed E-state index contributed by atoms with van der Waals surface area (Å²) in [5.74, 6) is 0.680. The maximum atomic E-state index is 12.6. The molecule has 29 heavy (non-hydrogen) atoms. The van der Waals surface area contributed by atoms with Gasteiger partial charge >= 0.3 is 12.0 Å². The van der Waals surface area contributed by atoms with Crippen LogP contribution in [0.4, 0.5) is 4.79 Å². The molecule has 1 aliphatic heterocycles. The Bertz CT molecular complexity index is 779. The SMILES string of the molecule is CCCCC1=C(C(=O)OC)C(c2cc(Br)c(OCCC)c(OCC)c2)NC(=O)N1. The standard InChI is InChI=1S/C21H29BrN2O5/c1-5-8-9-15-17(20(25)27-4)18(24-21(26)23-15)13-11-14(22)19(29-10-6-2)16(12-13)28-7-3/h11-12,18H,5-10H2,1-4H3,(H2,23,24,26). The lowest BCUT2D eigenvalue weighted by atomic mass is 9.93. The Labute approximate surface area is 180 Å². The van der Waals surface area contributed by atoms with Crippen LogP contribution >= 0.6 is 15.9 Å². The minimum atomic E-state index is -0.654. The number of ether oxygens (including phenoxy) is 3. The average molecular weight is 469 g/mol. The Balaban J connectivity index is 2.56. The van der Waals surface area contributed by atoms with Gasteiger partial charge in [0.15, 0.2) is 11.5 Å². The Morgan fingerprint density at radius 3 is 2.55 bits per heavy atom. The molecule has 1 atom stereocenters. The Kier molecular flexibility index (Phi) is 8.82. The molecule has 1 aromatic carbocycles. The molecule has 1 aromatic rings. The summed E-state index contributed by atoms with van der Waals surface area (Å²) in [5.41, 5.74) is 1.69. The van der Waals surface area contributed by atoms with Gasteiger partial charge in [-0.1, -0.05) is 20.3 Å². The first kappa shape index (κ1) is 23.1. The average Bonchev–Trinajstić information content (AvgIpc) is 2.70. The van der Waals surface area contributed by atoms with Crippen molar-refractivity contribution in [2.75, 3.05) is 20.3 Å². The van der Waals surface area contributed by atoms with Gasteiger partial charge in [0, 0.05) is 5.70 Å². The summed E-state index contributed by atoms with van der Waals surface area (Å²) >= 11 is 3.55. The third-order valence-electron chi connectivity index (χ3n) is 4.45. The Morgan fingerprint density at radius 2 is 1.93 bits per heavy atom. The first-order valence-electron chi connectivity index (χ1n) is 9.94. The number of esters is 1. The number of halogens is 1. The van der Waals surface area contributed by atoms with E-state index < -0.39 is 12.0 Å². The van der Waals surface area contributed by atoms with Gasteiger partial charge < -0.3 is 24.8 Å². The number of amides is 2. The van der Waals surface area contributed by atoms with Crippen molar-refractivity contribution in [3.8, 4) is 11.5 Å². The summed E-state index contributed by atoms with van der Waals surface area (Å²) in [6.07, 6.45) is 3.23. The smallest absolute Gasteiger partial charge is 0.337 e. The van der Waals surface area contributed by atoms with Gasteiger partial charge in [0.25, 0.3) is 0 Å². The largest absolute Gasteiger partial charge is 0.490 e. The number of carbonyl (C=O) groups excluding carboxylic acids is 2. The van der Waals surface area contributed by atoms with Gasteiger partial charge in [-0.3, -0.25) is 0 Å². The summed E-state index contributed by atoms with van der Waals surface area (Å²) in [7, 11) is 1.34. The zero-order chi connectivity index (χ0) is 21.4. The van der Waals surface area contributed by atoms with E-state index in [4.69, 9.17) is 14.2 Å². The predicted molar refractivity (Wildman–Crippen MR) is 114 cm³/mol. The summed E-state index contributed by atoms with van der Waals surface area (Å²) in [6, 6.07) is 2.63. The molecular formula is C21H29BrN2O5. The van der Waals surface area contributed by atoms with Gasteiger partial charge in [-0.25, -0.2) is 9.59 Å². The van der Waals surface area contributed by atoms with Gasteiger partial charge in [0.2, 0.25) is 0 Å². The van der Waals surface area contributed by atoms with Gasteiger partial charge in [0.1, 0.15) is 0 Å². The van der Waals surface area contributed by atoms with Crippen LogP contribution in [0, 0.1) is 0 Å². The lowest BCUT2D eigenvalue weighted by Gasteiger charge is -2.30. The third kappa shape index (κ3) is 5.65. The van der Waals surface area contributed by atoms with Crippen LogP contribution < -0.4 is 20.1 Å². The highest BCUT2D eigenvalue weighted by molar-refractivity contribution is 9.10. The van der Waals surface area contributed by atoms with E-state index in [9.17, 15) is 9.59 Å². The fourth-order valence-corrected chi connectivity index (χ4v) is 3.71. The summed E-state index contributed by atoms with van der Waals surface area (Å²) in [5, 5.41) is 5.61. The second-order valence-electron chi connectivity index (χ2n) is 6.63. The van der Waals surface area contributed by atoms with E-state index in [2.05, 4.69) is 33.5 Å². The van der Waals surface area contributed by atoms with Crippen molar-refractivity contribution in [1.82, 2.24) is 10.6 Å². The number of hydrogen-bond acceptors (Lipinski definition) is 5. The Morgan fingerprint density at radius 1 is 1.17 bits per heavy atom. The predicted octanol–water partition coefficient (Wildman–Crippen LogP) is 4.61. The molecule has 0 radical (unpaired) electrons. The highest BCUT2D eigenvalue weighted by Gasteiger charge is 2.34. The molecule has 0 saturated heterocycles. The molecule has 0 aliphatic carbocycles. The molecule has 1 aliphatic rings. The number of urea groups is 1. The lowest BCUT2D eigenvalue weighted by Crippen LogP contribution is -2.45. The maximum absolute atomic E-state index is 12.6. The first-order valence-corrected chi connectivity index (χ1v) is 10.7. The molecule has 2 N–H and O–H groups in total. The fourth-order valence-electron chi connectivity index (χ4n) is 3.13. The summed E-state index contributed by atoms with van der Waals surface area (Å²) in [4.78, 5) is 24.9. The van der Waals surface area contributed by atoms with Crippen LogP contribution in [0.5, 0.6) is 11.5 Å². The van der Waals surface area contributed by atoms with E-state index in [1.807, 2.05) is 19.9 Å². The second kappa shape index (κ2) is 11.1. The van der Waals surface area contributed by atoms with E-state index in [0.29, 0.717) is 52.4 Å². The maximum Gasteiger partial charge on any atom is 0.337 e.